The van der Waals surface area contributed by atoms with Crippen LogP contribution in [0.1, 0.15) is 31.2 Å². The van der Waals surface area contributed by atoms with E-state index < -0.39 is 18.3 Å². The first-order valence-electron chi connectivity index (χ1n) is 8.95. The van der Waals surface area contributed by atoms with E-state index in [1.807, 2.05) is 11.0 Å². The molecule has 1 unspecified atom stereocenters. The molecule has 1 aliphatic rings. The average molecular weight is 337 g/mol. The lowest BCUT2D eigenvalue weighted by Crippen LogP contribution is -2.63. The molecule has 136 valence electrons. The molecule has 0 aliphatic carbocycles. The number of piperidine rings is 1. The maximum absolute atomic E-state index is 10.2. The Balaban J connectivity index is 1.67. The molecule has 0 radical (unpaired) electrons. The maximum Gasteiger partial charge on any atom is 0.112 e. The van der Waals surface area contributed by atoms with Crippen molar-refractivity contribution in [1.82, 2.24) is 4.90 Å². The van der Waals surface area contributed by atoms with Crippen molar-refractivity contribution in [1.29, 1.82) is 0 Å². The molecule has 1 aromatic rings. The molecule has 0 spiro atoms. The first kappa shape index (κ1) is 19.3. The van der Waals surface area contributed by atoms with E-state index in [1.165, 1.54) is 25.5 Å². The van der Waals surface area contributed by atoms with Gasteiger partial charge in [0.1, 0.15) is 12.2 Å². The predicted molar refractivity (Wildman–Crippen MR) is 93.9 cm³/mol. The van der Waals surface area contributed by atoms with Crippen LogP contribution in [0.4, 0.5) is 0 Å². The van der Waals surface area contributed by atoms with Crippen LogP contribution in [-0.4, -0.2) is 71.4 Å². The van der Waals surface area contributed by atoms with Gasteiger partial charge in [-0.1, -0.05) is 43.2 Å². The van der Waals surface area contributed by atoms with Gasteiger partial charge in [0.15, 0.2) is 0 Å². The third kappa shape index (κ3) is 5.26. The minimum atomic E-state index is -0.859. The lowest BCUT2D eigenvalue weighted by atomic mass is 9.93. The molecular formula is C19H31NO4. The number of hydrogen-bond donors (Lipinski definition) is 3. The van der Waals surface area contributed by atoms with Crippen molar-refractivity contribution in [2.24, 2.45) is 0 Å². The summed E-state index contributed by atoms with van der Waals surface area (Å²) in [5.41, 5.74) is 1.38. The Morgan fingerprint density at radius 3 is 2.46 bits per heavy atom. The summed E-state index contributed by atoms with van der Waals surface area (Å²) in [5, 5.41) is 29.9. The molecule has 1 fully saturated rings. The van der Waals surface area contributed by atoms with E-state index in [4.69, 9.17) is 4.74 Å². The number of likely N-dealkylation sites (tertiary alicyclic amines) is 1. The van der Waals surface area contributed by atoms with Gasteiger partial charge >= 0.3 is 0 Å². The first-order valence-corrected chi connectivity index (χ1v) is 8.95. The Kier molecular flexibility index (Phi) is 8.15. The number of aliphatic hydroxyl groups is 3. The summed E-state index contributed by atoms with van der Waals surface area (Å²) in [7, 11) is 1.48. The number of benzene rings is 1. The van der Waals surface area contributed by atoms with E-state index in [2.05, 4.69) is 24.3 Å². The molecular weight excluding hydrogens is 306 g/mol. The van der Waals surface area contributed by atoms with Crippen LogP contribution in [0.25, 0.3) is 0 Å². The number of β-amino-alcohol motifs (C(OH)–C–C–N with tert-alkyl or cyclic N) is 1. The molecule has 0 amide bonds. The van der Waals surface area contributed by atoms with E-state index in [0.29, 0.717) is 6.54 Å². The summed E-state index contributed by atoms with van der Waals surface area (Å²) in [5.74, 6) is 0. The molecule has 5 nitrogen and oxygen atoms in total. The predicted octanol–water partition coefficient (Wildman–Crippen LogP) is 1.20. The summed E-state index contributed by atoms with van der Waals surface area (Å²) in [6.45, 7) is 1.09. The van der Waals surface area contributed by atoms with Crippen LogP contribution < -0.4 is 0 Å². The minimum absolute atomic E-state index is 0.123. The number of methoxy groups -OCH3 is 1. The SMILES string of the molecule is CO[C@H]1[C@H](O)C(CO)N(CCCCCCc2ccccc2)C[C@@H]1O. The molecule has 2 rings (SSSR count). The van der Waals surface area contributed by atoms with Crippen LogP contribution in [0.15, 0.2) is 30.3 Å². The lowest BCUT2D eigenvalue weighted by Gasteiger charge is -2.44. The van der Waals surface area contributed by atoms with Crippen LogP contribution >= 0.6 is 0 Å². The second-order valence-electron chi connectivity index (χ2n) is 6.65. The van der Waals surface area contributed by atoms with Gasteiger partial charge < -0.3 is 20.1 Å². The van der Waals surface area contributed by atoms with Gasteiger partial charge in [0.05, 0.1) is 18.8 Å². The average Bonchev–Trinajstić information content (AvgIpc) is 2.59. The fourth-order valence-electron chi connectivity index (χ4n) is 3.56. The van der Waals surface area contributed by atoms with Crippen molar-refractivity contribution in [2.75, 3.05) is 26.8 Å². The molecule has 0 bridgehead atoms. The largest absolute Gasteiger partial charge is 0.395 e. The molecule has 0 aromatic heterocycles. The number of ether oxygens (including phenoxy) is 1. The van der Waals surface area contributed by atoms with Crippen molar-refractivity contribution < 1.29 is 20.1 Å². The van der Waals surface area contributed by atoms with E-state index in [1.54, 1.807) is 0 Å². The monoisotopic (exact) mass is 337 g/mol. The van der Waals surface area contributed by atoms with Gasteiger partial charge in [-0.25, -0.2) is 0 Å². The molecule has 24 heavy (non-hydrogen) atoms. The quantitative estimate of drug-likeness (QED) is 0.591. The molecule has 1 aliphatic heterocycles. The van der Waals surface area contributed by atoms with Crippen LogP contribution in [-0.2, 0) is 11.2 Å². The van der Waals surface area contributed by atoms with Gasteiger partial charge in [-0.3, -0.25) is 4.90 Å². The van der Waals surface area contributed by atoms with Crippen LogP contribution in [0.3, 0.4) is 0 Å². The van der Waals surface area contributed by atoms with Crippen molar-refractivity contribution >= 4 is 0 Å². The van der Waals surface area contributed by atoms with Gasteiger partial charge in [0.25, 0.3) is 0 Å². The van der Waals surface area contributed by atoms with Crippen LogP contribution in [0.2, 0.25) is 0 Å². The molecule has 1 saturated heterocycles. The Labute approximate surface area is 144 Å². The highest BCUT2D eigenvalue weighted by atomic mass is 16.5. The summed E-state index contributed by atoms with van der Waals surface area (Å²) in [6, 6.07) is 10.2. The summed E-state index contributed by atoms with van der Waals surface area (Å²) in [6.07, 6.45) is 3.36. The van der Waals surface area contributed by atoms with Gasteiger partial charge in [0, 0.05) is 13.7 Å². The Morgan fingerprint density at radius 2 is 1.79 bits per heavy atom. The third-order valence-electron chi connectivity index (χ3n) is 4.96. The number of unbranched alkanes of at least 4 members (excludes halogenated alkanes) is 3. The van der Waals surface area contributed by atoms with E-state index >= 15 is 0 Å². The zero-order valence-corrected chi connectivity index (χ0v) is 14.6. The highest BCUT2D eigenvalue weighted by Gasteiger charge is 2.41. The maximum atomic E-state index is 10.2. The third-order valence-corrected chi connectivity index (χ3v) is 4.96. The number of aliphatic hydroxyl groups excluding tert-OH is 3. The van der Waals surface area contributed by atoms with E-state index in [0.717, 1.165) is 25.8 Å². The topological polar surface area (TPSA) is 73.2 Å². The van der Waals surface area contributed by atoms with Gasteiger partial charge in [-0.2, -0.15) is 0 Å². The van der Waals surface area contributed by atoms with Crippen molar-refractivity contribution in [2.45, 2.75) is 56.5 Å². The smallest absolute Gasteiger partial charge is 0.112 e. The van der Waals surface area contributed by atoms with Crippen molar-refractivity contribution in [3.8, 4) is 0 Å². The van der Waals surface area contributed by atoms with Crippen LogP contribution in [0, 0.1) is 0 Å². The second kappa shape index (κ2) is 10.1. The van der Waals surface area contributed by atoms with Crippen molar-refractivity contribution in [3.05, 3.63) is 35.9 Å². The summed E-state index contributed by atoms with van der Waals surface area (Å²) < 4.78 is 5.16. The lowest BCUT2D eigenvalue weighted by molar-refractivity contribution is -0.157. The first-order chi connectivity index (χ1) is 11.7. The number of nitrogens with zero attached hydrogens (tertiary/aromatic N) is 1. The molecule has 1 aromatic carbocycles. The van der Waals surface area contributed by atoms with Gasteiger partial charge in [-0.15, -0.1) is 0 Å². The molecule has 1 heterocycles. The van der Waals surface area contributed by atoms with E-state index in [9.17, 15) is 15.3 Å². The fourth-order valence-corrected chi connectivity index (χ4v) is 3.56. The molecule has 4 atom stereocenters. The number of hydrogen-bond acceptors (Lipinski definition) is 5. The van der Waals surface area contributed by atoms with E-state index in [-0.39, 0.29) is 12.6 Å². The Morgan fingerprint density at radius 1 is 1.08 bits per heavy atom. The van der Waals surface area contributed by atoms with Crippen LogP contribution in [0.5, 0.6) is 0 Å². The minimum Gasteiger partial charge on any atom is -0.395 e. The summed E-state index contributed by atoms with van der Waals surface area (Å²) in [4.78, 5) is 1.99. The normalized spacial score (nSPS) is 28.2. The Hall–Kier alpha value is -0.980. The fraction of sp³-hybridized carbons (Fsp3) is 0.684. The second-order valence-corrected chi connectivity index (χ2v) is 6.65. The number of aryl methyl sites for hydroxylation is 1. The standard InChI is InChI=1S/C19H31NO4/c1-24-19-17(22)13-20(16(14-21)18(19)23)12-8-3-2-5-9-15-10-6-4-7-11-15/h4,6-7,10-11,16-19,21-23H,2-3,5,8-9,12-14H2,1H3/t16?,17-,18+,19+/m0/s1. The highest BCUT2D eigenvalue weighted by molar-refractivity contribution is 5.14. The molecule has 5 heteroatoms. The highest BCUT2D eigenvalue weighted by Crippen LogP contribution is 2.21. The zero-order valence-electron chi connectivity index (χ0n) is 14.6. The molecule has 0 saturated carbocycles. The van der Waals surface area contributed by atoms with Gasteiger partial charge in [0.2, 0.25) is 0 Å². The van der Waals surface area contributed by atoms with Gasteiger partial charge in [-0.05, 0) is 31.4 Å². The van der Waals surface area contributed by atoms with Crippen molar-refractivity contribution in [3.63, 3.8) is 0 Å². The molecule has 3 N–H and O–H groups in total. The summed E-state index contributed by atoms with van der Waals surface area (Å²) >= 11 is 0. The number of rotatable bonds is 9. The zero-order chi connectivity index (χ0) is 17.4. The Bertz CT molecular complexity index is 456.